The summed E-state index contributed by atoms with van der Waals surface area (Å²) in [6.07, 6.45) is 0.285. The number of nitrogen functional groups attached to an aromatic ring is 1. The van der Waals surface area contributed by atoms with Gasteiger partial charge in [-0.05, 0) is 44.4 Å². The molecule has 0 aliphatic carbocycles. The number of phenols is 1. The van der Waals surface area contributed by atoms with Gasteiger partial charge in [0.1, 0.15) is 41.7 Å². The normalized spacial score (nSPS) is 23.5. The number of phenolic OH excluding ortho intramolecular Hbond substituents is 1. The van der Waals surface area contributed by atoms with Crippen molar-refractivity contribution in [3.05, 3.63) is 83.9 Å². The summed E-state index contributed by atoms with van der Waals surface area (Å²) in [6, 6.07) is 16.5. The van der Waals surface area contributed by atoms with Crippen molar-refractivity contribution in [3.8, 4) is 11.5 Å². The number of benzene rings is 3. The van der Waals surface area contributed by atoms with Crippen LogP contribution in [0.2, 0.25) is 0 Å². The lowest BCUT2D eigenvalue weighted by Gasteiger charge is -2.26. The second kappa shape index (κ2) is 11.6. The van der Waals surface area contributed by atoms with Crippen LogP contribution < -0.4 is 10.3 Å². The molecule has 5 atom stereocenters. The summed E-state index contributed by atoms with van der Waals surface area (Å²) in [5.41, 5.74) is 8.88. The van der Waals surface area contributed by atoms with Gasteiger partial charge in [-0.3, -0.25) is 13.6 Å². The van der Waals surface area contributed by atoms with Crippen LogP contribution in [-0.2, 0) is 34.4 Å². The van der Waals surface area contributed by atoms with Crippen LogP contribution in [0.3, 0.4) is 0 Å². The molecule has 5 aromatic rings. The van der Waals surface area contributed by atoms with Crippen LogP contribution in [0.25, 0.3) is 21.9 Å². The smallest absolute Gasteiger partial charge is 0.507 e. The standard InChI is InChI=1S/C32H34N5O8P/c1-18-19(2)26(22-13-9-8-12-21(22)25(18)38)45-46(39,40-14-20-10-6-5-7-11-20)41-15-23-27-28(44-32(3,4)43-27)31(42-23)37-17-36-24-29(33)34-16-35-30(24)37/h5-13,16-17,23,27-28,31,38H,14-15H2,1-4H3,(H2,33,34,35)/t23-,27-,28-,31-,46?/m1/s1. The van der Waals surface area contributed by atoms with Gasteiger partial charge in [0.05, 0.1) is 19.5 Å². The Labute approximate surface area is 264 Å². The van der Waals surface area contributed by atoms with Gasteiger partial charge in [-0.15, -0.1) is 0 Å². The predicted molar refractivity (Wildman–Crippen MR) is 168 cm³/mol. The number of fused-ring (bicyclic) bond motifs is 3. The maximum Gasteiger partial charge on any atom is 0.530 e. The third-order valence-corrected chi connectivity index (χ3v) is 9.62. The van der Waals surface area contributed by atoms with Crippen molar-refractivity contribution < 1.29 is 37.5 Å². The molecule has 0 amide bonds. The number of anilines is 1. The molecule has 0 spiro atoms. The van der Waals surface area contributed by atoms with Crippen LogP contribution in [0, 0.1) is 13.8 Å². The minimum Gasteiger partial charge on any atom is -0.507 e. The number of hydrogen-bond acceptors (Lipinski definition) is 12. The van der Waals surface area contributed by atoms with Gasteiger partial charge in [0.15, 0.2) is 23.5 Å². The Morgan fingerprint density at radius 1 is 0.957 bits per heavy atom. The lowest BCUT2D eigenvalue weighted by Crippen LogP contribution is -2.33. The summed E-state index contributed by atoms with van der Waals surface area (Å²) in [6.45, 7) is 6.91. The van der Waals surface area contributed by atoms with Gasteiger partial charge in [-0.1, -0.05) is 54.6 Å². The van der Waals surface area contributed by atoms with Crippen LogP contribution in [-0.4, -0.2) is 55.3 Å². The van der Waals surface area contributed by atoms with E-state index in [4.69, 9.17) is 33.5 Å². The third-order valence-electron chi connectivity index (χ3n) is 8.30. The number of aromatic hydroxyl groups is 1. The molecular formula is C32H34N5O8P. The van der Waals surface area contributed by atoms with Gasteiger partial charge in [0, 0.05) is 10.8 Å². The second-order valence-corrected chi connectivity index (χ2v) is 13.4. The molecule has 2 fully saturated rings. The van der Waals surface area contributed by atoms with E-state index in [-0.39, 0.29) is 30.5 Å². The average molecular weight is 648 g/mol. The monoisotopic (exact) mass is 647 g/mol. The van der Waals surface area contributed by atoms with E-state index in [0.717, 1.165) is 5.56 Å². The van der Waals surface area contributed by atoms with Gasteiger partial charge in [-0.25, -0.2) is 19.5 Å². The average Bonchev–Trinajstić information content (AvgIpc) is 3.72. The molecule has 2 saturated heterocycles. The lowest BCUT2D eigenvalue weighted by molar-refractivity contribution is -0.199. The highest BCUT2D eigenvalue weighted by molar-refractivity contribution is 7.48. The molecule has 0 saturated carbocycles. The maximum absolute atomic E-state index is 14.5. The first-order valence-corrected chi connectivity index (χ1v) is 16.3. The Morgan fingerprint density at radius 3 is 2.46 bits per heavy atom. The van der Waals surface area contributed by atoms with E-state index >= 15 is 0 Å². The number of rotatable bonds is 9. The zero-order chi connectivity index (χ0) is 32.2. The predicted octanol–water partition coefficient (Wildman–Crippen LogP) is 5.72. The molecule has 240 valence electrons. The van der Waals surface area contributed by atoms with Gasteiger partial charge in [0.25, 0.3) is 0 Å². The molecule has 3 aromatic carbocycles. The first kappa shape index (κ1) is 30.5. The van der Waals surface area contributed by atoms with Crippen molar-refractivity contribution in [1.82, 2.24) is 19.5 Å². The fraction of sp³-hybridized carbons (Fsp3) is 0.344. The van der Waals surface area contributed by atoms with E-state index in [9.17, 15) is 9.67 Å². The SMILES string of the molecule is Cc1c(C)c(OP(=O)(OCc2ccccc2)OC[C@H]2O[C@@H](n3cnc4c(N)ncnc43)[C@@H]3OC(C)(C)O[C@@H]32)c2ccccc2c1O. The molecule has 14 heteroatoms. The molecule has 7 rings (SSSR count). The highest BCUT2D eigenvalue weighted by atomic mass is 31.2. The van der Waals surface area contributed by atoms with Crippen molar-refractivity contribution in [1.29, 1.82) is 0 Å². The van der Waals surface area contributed by atoms with E-state index in [2.05, 4.69) is 15.0 Å². The summed E-state index contributed by atoms with van der Waals surface area (Å²) in [5, 5.41) is 11.9. The van der Waals surface area contributed by atoms with Gasteiger partial charge in [0.2, 0.25) is 0 Å². The van der Waals surface area contributed by atoms with Crippen molar-refractivity contribution in [2.45, 2.75) is 64.6 Å². The van der Waals surface area contributed by atoms with Crippen LogP contribution >= 0.6 is 7.82 Å². The molecule has 3 N–H and O–H groups in total. The van der Waals surface area contributed by atoms with Crippen LogP contribution in [0.15, 0.2) is 67.3 Å². The molecule has 13 nitrogen and oxygen atoms in total. The summed E-state index contributed by atoms with van der Waals surface area (Å²) < 4.78 is 53.4. The number of ether oxygens (including phenoxy) is 3. The minimum absolute atomic E-state index is 0.0405. The summed E-state index contributed by atoms with van der Waals surface area (Å²) in [7, 11) is -4.33. The number of nitrogens with two attached hydrogens (primary N) is 1. The number of imidazole rings is 1. The number of hydrogen-bond donors (Lipinski definition) is 2. The number of phosphoric ester groups is 1. The van der Waals surface area contributed by atoms with E-state index in [1.165, 1.54) is 6.33 Å². The lowest BCUT2D eigenvalue weighted by atomic mass is 10.00. The second-order valence-electron chi connectivity index (χ2n) is 11.8. The molecule has 0 bridgehead atoms. The molecule has 2 aliphatic heterocycles. The third kappa shape index (κ3) is 5.49. The Morgan fingerprint density at radius 2 is 1.67 bits per heavy atom. The van der Waals surface area contributed by atoms with Gasteiger partial charge in [-0.2, -0.15) is 0 Å². The maximum atomic E-state index is 14.5. The Hall–Kier alpha value is -4.10. The summed E-state index contributed by atoms with van der Waals surface area (Å²) in [5.74, 6) is -0.279. The highest BCUT2D eigenvalue weighted by Gasteiger charge is 2.56. The molecule has 2 aliphatic rings. The fourth-order valence-corrected chi connectivity index (χ4v) is 7.20. The topological polar surface area (TPSA) is 162 Å². The largest absolute Gasteiger partial charge is 0.530 e. The quantitative estimate of drug-likeness (QED) is 0.187. The Balaban J connectivity index is 1.20. The Kier molecular flexibility index (Phi) is 7.71. The van der Waals surface area contributed by atoms with Crippen LogP contribution in [0.5, 0.6) is 11.5 Å². The molecule has 4 heterocycles. The van der Waals surface area contributed by atoms with E-state index < -0.39 is 38.1 Å². The van der Waals surface area contributed by atoms with Gasteiger partial charge >= 0.3 is 7.82 Å². The summed E-state index contributed by atoms with van der Waals surface area (Å²) >= 11 is 0. The Bertz CT molecular complexity index is 1970. The van der Waals surface area contributed by atoms with E-state index in [1.807, 2.05) is 56.3 Å². The zero-order valence-electron chi connectivity index (χ0n) is 25.7. The molecule has 1 unspecified atom stereocenters. The minimum atomic E-state index is -4.33. The molecule has 46 heavy (non-hydrogen) atoms. The van der Waals surface area contributed by atoms with Crippen molar-refractivity contribution in [3.63, 3.8) is 0 Å². The van der Waals surface area contributed by atoms with Crippen LogP contribution in [0.4, 0.5) is 5.82 Å². The first-order chi connectivity index (χ1) is 22.0. The van der Waals surface area contributed by atoms with Crippen molar-refractivity contribution in [2.24, 2.45) is 0 Å². The zero-order valence-corrected chi connectivity index (χ0v) is 26.6. The van der Waals surface area contributed by atoms with E-state index in [0.29, 0.717) is 33.1 Å². The molecule has 0 radical (unpaired) electrons. The highest BCUT2D eigenvalue weighted by Crippen LogP contribution is 2.55. The first-order valence-electron chi connectivity index (χ1n) is 14.8. The number of phosphoric acid groups is 1. The number of nitrogens with zero attached hydrogens (tertiary/aromatic N) is 4. The van der Waals surface area contributed by atoms with Crippen molar-refractivity contribution in [2.75, 3.05) is 12.3 Å². The van der Waals surface area contributed by atoms with Crippen molar-refractivity contribution >= 4 is 35.6 Å². The van der Waals surface area contributed by atoms with Crippen LogP contribution in [0.1, 0.15) is 36.8 Å². The number of aromatic nitrogens is 4. The molecular weight excluding hydrogens is 613 g/mol. The van der Waals surface area contributed by atoms with Gasteiger partial charge < -0.3 is 29.6 Å². The van der Waals surface area contributed by atoms with E-state index in [1.54, 1.807) is 36.9 Å². The molecule has 2 aromatic heterocycles. The summed E-state index contributed by atoms with van der Waals surface area (Å²) in [4.78, 5) is 12.7. The fourth-order valence-electron chi connectivity index (χ4n) is 5.92.